The Labute approximate surface area is 647 Å². The van der Waals surface area contributed by atoms with Gasteiger partial charge < -0.3 is 13.6 Å². The van der Waals surface area contributed by atoms with Crippen molar-refractivity contribution in [3.63, 3.8) is 0 Å². The molecule has 0 bridgehead atoms. The van der Waals surface area contributed by atoms with Crippen LogP contribution in [0.15, 0.2) is 164 Å². The van der Waals surface area contributed by atoms with Crippen LogP contribution in [0.3, 0.4) is 0 Å². The van der Waals surface area contributed by atoms with Crippen LogP contribution in [0, 0.1) is 0 Å². The lowest BCUT2D eigenvalue weighted by Crippen LogP contribution is -2.26. The van der Waals surface area contributed by atoms with E-state index in [-0.39, 0.29) is 65.0 Å². The summed E-state index contributed by atoms with van der Waals surface area (Å²) in [6.45, 7) is 85.4. The maximum Gasteiger partial charge on any atom is 0.530 e. The summed E-state index contributed by atoms with van der Waals surface area (Å²) in [5.74, 6) is 2.11. The topological polar surface area (TPSA) is 27.7 Å². The monoisotopic (exact) mass is 1440 g/mol. The zero-order valence-electron chi connectivity index (χ0n) is 72.8. The van der Waals surface area contributed by atoms with Gasteiger partial charge in [0, 0.05) is 16.7 Å². The van der Waals surface area contributed by atoms with Crippen molar-refractivity contribution in [2.75, 3.05) is 0 Å². The summed E-state index contributed by atoms with van der Waals surface area (Å²) in [5, 5.41) is 0. The van der Waals surface area contributed by atoms with Crippen molar-refractivity contribution in [2.45, 2.75) is 314 Å². The first kappa shape index (κ1) is 82.9. The normalized spacial score (nSPS) is 13.6. The molecule has 4 heteroatoms. The molecule has 0 N–H and O–H groups in total. The number of rotatable bonds is 12. The predicted octanol–water partition coefficient (Wildman–Crippen LogP) is 31.0. The Morgan fingerprint density at radius 3 is 0.453 bits per heavy atom. The highest BCUT2D eigenvalue weighted by atomic mass is 31.2. The molecule has 9 aromatic rings. The minimum absolute atomic E-state index is 0.246. The molecule has 9 rings (SSSR count). The highest BCUT2D eigenvalue weighted by Crippen LogP contribution is 2.62. The van der Waals surface area contributed by atoms with Crippen LogP contribution in [0.4, 0.5) is 0 Å². The van der Waals surface area contributed by atoms with E-state index >= 15 is 0 Å². The Bertz CT molecular complexity index is 4230. The molecule has 0 spiro atoms. The van der Waals surface area contributed by atoms with E-state index in [2.05, 4.69) is 413 Å². The number of hydrogen-bond acceptors (Lipinski definition) is 3. The van der Waals surface area contributed by atoms with Crippen molar-refractivity contribution in [1.82, 2.24) is 0 Å². The van der Waals surface area contributed by atoms with Crippen molar-refractivity contribution in [3.05, 3.63) is 231 Å². The van der Waals surface area contributed by atoms with Crippen LogP contribution in [0.25, 0.3) is 66.8 Å². The Hall–Kier alpha value is -7.19. The SMILES string of the molecule is CC(C)(C)c1ccccc1-c1c(OP(Oc2cc(C(C)(C)C)c(C(C)(C)C)c(-c3ccccc3C(C)(C)C)c2-c2ccccc2C(C)(C)C)Oc2cc(C(C)(C)C)c(C(C)(C)C)c(-c3ccccc3C(C)(C)C)c2-c2ccccc2C(C)(C)C)cc(C(C)(C)C)c(C(C)(C)C)c1-c1ccccc1C(C)(C)C. The smallest absolute Gasteiger partial charge is 0.408 e. The average molecular weight is 1440 g/mol. The summed E-state index contributed by atoms with van der Waals surface area (Å²) in [7, 11) is -2.61. The first-order valence-electron chi connectivity index (χ1n) is 39.4. The fourth-order valence-electron chi connectivity index (χ4n) is 16.3. The molecule has 0 saturated carbocycles. The molecule has 0 aromatic heterocycles. The van der Waals surface area contributed by atoms with Gasteiger partial charge in [0.05, 0.1) is 0 Å². The van der Waals surface area contributed by atoms with Crippen LogP contribution >= 0.6 is 8.60 Å². The molecule has 9 aromatic carbocycles. The predicted molar refractivity (Wildman–Crippen MR) is 465 cm³/mol. The third-order valence-corrected chi connectivity index (χ3v) is 22.1. The zero-order valence-corrected chi connectivity index (χ0v) is 73.7. The second kappa shape index (κ2) is 28.7. The van der Waals surface area contributed by atoms with Crippen LogP contribution in [0.5, 0.6) is 17.2 Å². The lowest BCUT2D eigenvalue weighted by molar-refractivity contribution is 0.387. The Morgan fingerprint density at radius 1 is 0.170 bits per heavy atom. The quantitative estimate of drug-likeness (QED) is 0.114. The van der Waals surface area contributed by atoms with Gasteiger partial charge >= 0.3 is 8.60 Å². The van der Waals surface area contributed by atoms with Crippen LogP contribution in [-0.2, 0) is 65.0 Å². The average Bonchev–Trinajstić information content (AvgIpc) is 0.720. The molecule has 0 atom stereocenters. The van der Waals surface area contributed by atoms with E-state index in [9.17, 15) is 0 Å². The maximum absolute atomic E-state index is 8.66. The maximum atomic E-state index is 8.66. The lowest BCUT2D eigenvalue weighted by Gasteiger charge is -2.38. The summed E-state index contributed by atoms with van der Waals surface area (Å²) in [6, 6.07) is 62.1. The van der Waals surface area contributed by atoms with Crippen molar-refractivity contribution in [2.24, 2.45) is 0 Å². The molecule has 0 saturated heterocycles. The minimum Gasteiger partial charge on any atom is -0.408 e. The van der Waals surface area contributed by atoms with Crippen LogP contribution in [0.1, 0.15) is 316 Å². The lowest BCUT2D eigenvalue weighted by atomic mass is 9.68. The van der Waals surface area contributed by atoms with Gasteiger partial charge in [0.15, 0.2) is 0 Å². The second-order valence-corrected chi connectivity index (χ2v) is 43.9. The fourth-order valence-corrected chi connectivity index (χ4v) is 17.4. The molecule has 106 heavy (non-hydrogen) atoms. The van der Waals surface area contributed by atoms with Gasteiger partial charge in [0.25, 0.3) is 0 Å². The van der Waals surface area contributed by atoms with Crippen molar-refractivity contribution >= 4 is 8.60 Å². The van der Waals surface area contributed by atoms with Gasteiger partial charge in [-0.05, 0) is 200 Å². The molecule has 0 amide bonds. The number of benzene rings is 9. The standard InChI is InChI=1S/C102H135O3P/c1-91(2,3)70-55-43-37-49-64(70)82-79(61-76(97(19,20)21)88(100(28,29)30)85(82)67-52-40-46-58-73(67)94(10,11)12)103-106(104-80-62-77(98(22,23)24)89(101(31,32)33)86(68-53-41-47-59-74(68)95(13,14)15)83(80)65-50-38-44-56-71(65)92(4,5)6)105-81-63-78(99(25,26)27)90(102(34,35)36)87(69-54-42-48-60-75(69)96(16,17)18)84(81)66-51-39-45-57-72(66)93(7,8)9/h37-63H,1-36H3. The van der Waals surface area contributed by atoms with E-state index in [1.54, 1.807) is 0 Å². The van der Waals surface area contributed by atoms with Gasteiger partial charge in [-0.25, -0.2) is 0 Å². The summed E-state index contributed by atoms with van der Waals surface area (Å²) >= 11 is 0. The molecule has 0 aliphatic carbocycles. The largest absolute Gasteiger partial charge is 0.530 e. The molecule has 0 aliphatic rings. The summed E-state index contributed by atoms with van der Waals surface area (Å²) in [5.41, 5.74) is 24.6. The van der Waals surface area contributed by atoms with E-state index in [4.69, 9.17) is 13.6 Å². The molecule has 3 nitrogen and oxygen atoms in total. The molecular formula is C102H135O3P. The Balaban J connectivity index is 1.65. The van der Waals surface area contributed by atoms with E-state index in [0.29, 0.717) is 17.2 Å². The second-order valence-electron chi connectivity index (χ2n) is 42.9. The van der Waals surface area contributed by atoms with Gasteiger partial charge in [-0.15, -0.1) is 0 Å². The number of hydrogen-bond donors (Lipinski definition) is 0. The first-order valence-corrected chi connectivity index (χ1v) is 40.5. The van der Waals surface area contributed by atoms with Gasteiger partial charge in [-0.1, -0.05) is 395 Å². The van der Waals surface area contributed by atoms with Crippen molar-refractivity contribution in [1.29, 1.82) is 0 Å². The molecule has 0 fully saturated rings. The molecule has 0 radical (unpaired) electrons. The Morgan fingerprint density at radius 2 is 0.311 bits per heavy atom. The van der Waals surface area contributed by atoms with Crippen LogP contribution in [-0.4, -0.2) is 0 Å². The van der Waals surface area contributed by atoms with E-state index < -0.39 is 8.60 Å². The van der Waals surface area contributed by atoms with Gasteiger partial charge in [-0.3, -0.25) is 0 Å². The summed E-state index contributed by atoms with van der Waals surface area (Å²) < 4.78 is 26.0. The van der Waals surface area contributed by atoms with E-state index in [1.165, 1.54) is 100 Å². The Kier molecular flexibility index (Phi) is 22.4. The van der Waals surface area contributed by atoms with Crippen LogP contribution in [0.2, 0.25) is 0 Å². The first-order chi connectivity index (χ1) is 48.3. The third kappa shape index (κ3) is 17.3. The van der Waals surface area contributed by atoms with Crippen molar-refractivity contribution in [3.8, 4) is 84.0 Å². The van der Waals surface area contributed by atoms with Gasteiger partial charge in [0.1, 0.15) is 17.2 Å². The summed E-state index contributed by atoms with van der Waals surface area (Å²) in [6.07, 6.45) is 0. The highest BCUT2D eigenvalue weighted by molar-refractivity contribution is 7.43. The molecule has 0 aliphatic heterocycles. The van der Waals surface area contributed by atoms with Crippen molar-refractivity contribution < 1.29 is 13.6 Å². The fraction of sp³-hybridized carbons (Fsp3) is 0.471. The van der Waals surface area contributed by atoms with E-state index in [0.717, 1.165) is 33.4 Å². The molecule has 566 valence electrons. The zero-order chi connectivity index (χ0) is 79.4. The van der Waals surface area contributed by atoms with Gasteiger partial charge in [-0.2, -0.15) is 0 Å². The van der Waals surface area contributed by atoms with Gasteiger partial charge in [0.2, 0.25) is 0 Å². The molecule has 0 unspecified atom stereocenters. The van der Waals surface area contributed by atoms with E-state index in [1.807, 2.05) is 0 Å². The molecule has 0 heterocycles. The third-order valence-electron chi connectivity index (χ3n) is 21.1. The highest BCUT2D eigenvalue weighted by Gasteiger charge is 2.43. The molecular weight excluding hydrogens is 1300 g/mol. The summed E-state index contributed by atoms with van der Waals surface area (Å²) in [4.78, 5) is 0. The van der Waals surface area contributed by atoms with Crippen LogP contribution < -0.4 is 13.6 Å². The minimum atomic E-state index is -2.61.